The molecule has 6 nitrogen and oxygen atoms in total. The molecular weight excluding hydrogens is 406 g/mol. The van der Waals surface area contributed by atoms with E-state index < -0.39 is 0 Å². The van der Waals surface area contributed by atoms with Gasteiger partial charge in [0.1, 0.15) is 0 Å². The van der Waals surface area contributed by atoms with E-state index in [0.717, 1.165) is 41.6 Å². The topological polar surface area (TPSA) is 74.8 Å². The lowest BCUT2D eigenvalue weighted by Gasteiger charge is -2.20. The zero-order chi connectivity index (χ0) is 21.4. The summed E-state index contributed by atoms with van der Waals surface area (Å²) in [5.41, 5.74) is 5.48. The average Bonchev–Trinajstić information content (AvgIpc) is 3.52. The van der Waals surface area contributed by atoms with E-state index in [0.29, 0.717) is 22.8 Å². The van der Waals surface area contributed by atoms with Crippen LogP contribution in [0, 0.1) is 11.3 Å². The van der Waals surface area contributed by atoms with Crippen LogP contribution in [-0.2, 0) is 25.9 Å². The van der Waals surface area contributed by atoms with Crippen LogP contribution in [0.2, 0.25) is 0 Å². The highest BCUT2D eigenvalue weighted by molar-refractivity contribution is 7.22. The molecule has 0 N–H and O–H groups in total. The number of hydrogen-bond acceptors (Lipinski definition) is 5. The summed E-state index contributed by atoms with van der Waals surface area (Å²) in [5, 5.41) is 14.2. The second kappa shape index (κ2) is 7.97. The van der Waals surface area contributed by atoms with Crippen molar-refractivity contribution in [3.8, 4) is 6.07 Å². The van der Waals surface area contributed by atoms with Crippen LogP contribution in [0.3, 0.4) is 0 Å². The molecule has 0 bridgehead atoms. The van der Waals surface area contributed by atoms with Gasteiger partial charge in [-0.05, 0) is 61.2 Å². The predicted molar refractivity (Wildman–Crippen MR) is 121 cm³/mol. The molecule has 1 aliphatic rings. The van der Waals surface area contributed by atoms with Crippen LogP contribution in [0.25, 0.3) is 10.2 Å². The van der Waals surface area contributed by atoms with Gasteiger partial charge in [-0.1, -0.05) is 24.3 Å². The first-order chi connectivity index (χ1) is 15.2. The van der Waals surface area contributed by atoms with Gasteiger partial charge in [0.05, 0.1) is 34.6 Å². The molecule has 7 heteroatoms. The van der Waals surface area contributed by atoms with Gasteiger partial charge in [-0.2, -0.15) is 10.4 Å². The highest BCUT2D eigenvalue weighted by Crippen LogP contribution is 2.32. The summed E-state index contributed by atoms with van der Waals surface area (Å²) in [6, 6.07) is 15.1. The Bertz CT molecular complexity index is 1310. The van der Waals surface area contributed by atoms with Crippen molar-refractivity contribution < 1.29 is 4.79 Å². The van der Waals surface area contributed by atoms with Crippen molar-refractivity contribution in [1.82, 2.24) is 14.8 Å². The lowest BCUT2D eigenvalue weighted by molar-refractivity contribution is 0.0985. The van der Waals surface area contributed by atoms with Crippen molar-refractivity contribution in [2.75, 3.05) is 4.90 Å². The molecule has 0 saturated heterocycles. The largest absolute Gasteiger partial charge is 0.279 e. The molecule has 0 unspecified atom stereocenters. The summed E-state index contributed by atoms with van der Waals surface area (Å²) < 4.78 is 3.11. The highest BCUT2D eigenvalue weighted by atomic mass is 32.1. The normalized spacial score (nSPS) is 12.6. The SMILES string of the molecule is CCc1ccc2nc(N(Cc3cnn4c3CCC4)C(=O)c3ccc(C#N)cc3)sc2c1. The Balaban J connectivity index is 1.56. The van der Waals surface area contributed by atoms with Crippen molar-refractivity contribution in [3.63, 3.8) is 0 Å². The zero-order valence-corrected chi connectivity index (χ0v) is 18.0. The summed E-state index contributed by atoms with van der Waals surface area (Å²) in [4.78, 5) is 20.1. The molecule has 0 spiro atoms. The number of nitrogens with zero attached hydrogens (tertiary/aromatic N) is 5. The number of thiazole rings is 1. The highest BCUT2D eigenvalue weighted by Gasteiger charge is 2.25. The molecule has 0 atom stereocenters. The summed E-state index contributed by atoms with van der Waals surface area (Å²) in [7, 11) is 0. The second-order valence-corrected chi connectivity index (χ2v) is 8.68. The molecule has 2 aromatic heterocycles. The molecule has 3 heterocycles. The third-order valence-electron chi connectivity index (χ3n) is 5.73. The Morgan fingerprint density at radius 1 is 1.26 bits per heavy atom. The third kappa shape index (κ3) is 3.60. The number of aryl methyl sites for hydroxylation is 2. The molecule has 4 aromatic rings. The first kappa shape index (κ1) is 19.5. The molecule has 0 fully saturated rings. The van der Waals surface area contributed by atoms with E-state index in [1.54, 1.807) is 29.2 Å². The van der Waals surface area contributed by atoms with E-state index in [9.17, 15) is 4.79 Å². The van der Waals surface area contributed by atoms with Gasteiger partial charge in [-0.3, -0.25) is 14.4 Å². The Kier molecular flexibility index (Phi) is 5.00. The number of rotatable bonds is 5. The minimum atomic E-state index is -0.128. The number of benzene rings is 2. The average molecular weight is 428 g/mol. The number of nitriles is 1. The van der Waals surface area contributed by atoms with Gasteiger partial charge in [0.2, 0.25) is 0 Å². The van der Waals surface area contributed by atoms with E-state index >= 15 is 0 Å². The number of fused-ring (bicyclic) bond motifs is 2. The lowest BCUT2D eigenvalue weighted by Crippen LogP contribution is -2.30. The van der Waals surface area contributed by atoms with Crippen LogP contribution in [0.1, 0.15) is 46.1 Å². The standard InChI is InChI=1S/C24H21N5OS/c1-2-16-7-10-20-22(12-16)31-24(27-20)28(15-19-14-26-29-11-3-4-21(19)29)23(30)18-8-5-17(13-25)6-9-18/h5-10,12,14H,2-4,11,15H2,1H3. The van der Waals surface area contributed by atoms with E-state index in [4.69, 9.17) is 10.2 Å². The Morgan fingerprint density at radius 2 is 2.10 bits per heavy atom. The van der Waals surface area contributed by atoms with E-state index in [1.165, 1.54) is 22.6 Å². The first-order valence-electron chi connectivity index (χ1n) is 10.4. The zero-order valence-electron chi connectivity index (χ0n) is 17.2. The molecule has 5 rings (SSSR count). The van der Waals surface area contributed by atoms with Gasteiger partial charge >= 0.3 is 0 Å². The summed E-state index contributed by atoms with van der Waals surface area (Å²) in [5.74, 6) is -0.128. The fraction of sp³-hybridized carbons (Fsp3) is 0.250. The number of aromatic nitrogens is 3. The first-order valence-corrected chi connectivity index (χ1v) is 11.2. The quantitative estimate of drug-likeness (QED) is 0.462. The van der Waals surface area contributed by atoms with Gasteiger partial charge in [0.25, 0.3) is 5.91 Å². The van der Waals surface area contributed by atoms with Crippen molar-refractivity contribution in [2.45, 2.75) is 39.3 Å². The molecule has 1 amide bonds. The number of hydrogen-bond donors (Lipinski definition) is 0. The minimum Gasteiger partial charge on any atom is -0.279 e. The van der Waals surface area contributed by atoms with Gasteiger partial charge < -0.3 is 0 Å². The number of carbonyl (C=O) groups is 1. The van der Waals surface area contributed by atoms with Crippen LogP contribution in [0.5, 0.6) is 0 Å². The van der Waals surface area contributed by atoms with Crippen molar-refractivity contribution >= 4 is 32.6 Å². The number of anilines is 1. The summed E-state index contributed by atoms with van der Waals surface area (Å²) >= 11 is 1.54. The van der Waals surface area contributed by atoms with Crippen molar-refractivity contribution in [3.05, 3.63) is 76.6 Å². The lowest BCUT2D eigenvalue weighted by atomic mass is 10.1. The van der Waals surface area contributed by atoms with Crippen LogP contribution in [0.4, 0.5) is 5.13 Å². The van der Waals surface area contributed by atoms with Gasteiger partial charge in [-0.25, -0.2) is 4.98 Å². The van der Waals surface area contributed by atoms with E-state index in [1.807, 2.05) is 16.9 Å². The Morgan fingerprint density at radius 3 is 2.87 bits per heavy atom. The second-order valence-electron chi connectivity index (χ2n) is 7.68. The smallest absolute Gasteiger partial charge is 0.260 e. The number of carbonyl (C=O) groups excluding carboxylic acids is 1. The Labute approximate surface area is 184 Å². The summed E-state index contributed by atoms with van der Waals surface area (Å²) in [6.45, 7) is 3.49. The van der Waals surface area contributed by atoms with E-state index in [-0.39, 0.29) is 5.91 Å². The maximum Gasteiger partial charge on any atom is 0.260 e. The molecule has 0 radical (unpaired) electrons. The van der Waals surface area contributed by atoms with Crippen LogP contribution < -0.4 is 4.90 Å². The Hall–Kier alpha value is -3.50. The predicted octanol–water partition coefficient (Wildman–Crippen LogP) is 4.72. The van der Waals surface area contributed by atoms with Gasteiger partial charge in [0, 0.05) is 23.4 Å². The van der Waals surface area contributed by atoms with Crippen molar-refractivity contribution in [1.29, 1.82) is 5.26 Å². The molecule has 1 aliphatic heterocycles. The molecule has 154 valence electrons. The van der Waals surface area contributed by atoms with E-state index in [2.05, 4.69) is 30.2 Å². The fourth-order valence-electron chi connectivity index (χ4n) is 3.99. The van der Waals surface area contributed by atoms with Crippen LogP contribution in [0.15, 0.2) is 48.7 Å². The number of amides is 1. The molecule has 2 aromatic carbocycles. The van der Waals surface area contributed by atoms with Crippen LogP contribution in [-0.4, -0.2) is 20.7 Å². The maximum absolute atomic E-state index is 13.6. The molecule has 0 aliphatic carbocycles. The van der Waals surface area contributed by atoms with Gasteiger partial charge in [-0.15, -0.1) is 0 Å². The molecule has 31 heavy (non-hydrogen) atoms. The fourth-order valence-corrected chi connectivity index (χ4v) is 5.02. The third-order valence-corrected chi connectivity index (χ3v) is 6.78. The maximum atomic E-state index is 13.6. The molecule has 0 saturated carbocycles. The van der Waals surface area contributed by atoms with Gasteiger partial charge in [0.15, 0.2) is 5.13 Å². The van der Waals surface area contributed by atoms with Crippen molar-refractivity contribution in [2.24, 2.45) is 0 Å². The summed E-state index contributed by atoms with van der Waals surface area (Å²) in [6.07, 6.45) is 4.89. The molecular formula is C24H21N5OS. The monoisotopic (exact) mass is 427 g/mol. The minimum absolute atomic E-state index is 0.128. The van der Waals surface area contributed by atoms with Crippen LogP contribution >= 0.6 is 11.3 Å².